The molecule has 1 atom stereocenters. The lowest BCUT2D eigenvalue weighted by molar-refractivity contribution is -0.138. The zero-order chi connectivity index (χ0) is 37.3. The molecule has 1 fully saturated rings. The molecule has 14 heteroatoms. The number of fused-ring (bicyclic) bond motifs is 2. The van der Waals surface area contributed by atoms with Gasteiger partial charge in [-0.2, -0.15) is 0 Å². The molecule has 1 saturated carbocycles. The van der Waals surface area contributed by atoms with Crippen LogP contribution in [0.15, 0.2) is 36.4 Å². The first-order chi connectivity index (χ1) is 24.2. The predicted octanol–water partition coefficient (Wildman–Crippen LogP) is 8.63. The molecule has 3 heterocycles. The van der Waals surface area contributed by atoms with Gasteiger partial charge in [-0.25, -0.2) is 8.78 Å². The summed E-state index contributed by atoms with van der Waals surface area (Å²) in [5, 5.41) is 19.7. The van der Waals surface area contributed by atoms with Gasteiger partial charge in [0, 0.05) is 40.2 Å². The zero-order valence-electron chi connectivity index (χ0n) is 28.6. The fourth-order valence-electron chi connectivity index (χ4n) is 6.89. The third-order valence-electron chi connectivity index (χ3n) is 9.43. The van der Waals surface area contributed by atoms with Crippen molar-refractivity contribution in [2.75, 3.05) is 14.2 Å². The number of benzene rings is 2. The average Bonchev–Trinajstić information content (AvgIpc) is 3.74. The van der Waals surface area contributed by atoms with E-state index in [1.54, 1.807) is 26.0 Å². The molecule has 1 unspecified atom stereocenters. The second-order valence-corrected chi connectivity index (χ2v) is 14.2. The van der Waals surface area contributed by atoms with E-state index in [2.05, 4.69) is 0 Å². The van der Waals surface area contributed by atoms with Crippen LogP contribution in [0.25, 0.3) is 21.8 Å². The molecule has 10 nitrogen and oxygen atoms in total. The number of ether oxygens (including phenoxy) is 2. The molecule has 0 amide bonds. The van der Waals surface area contributed by atoms with Crippen molar-refractivity contribution in [3.8, 4) is 11.5 Å². The van der Waals surface area contributed by atoms with Gasteiger partial charge in [-0.15, -0.1) is 11.3 Å². The van der Waals surface area contributed by atoms with Crippen LogP contribution in [0.1, 0.15) is 81.9 Å². The Hall–Kier alpha value is -4.75. The number of nitrogens with zero attached hydrogens (tertiary/aromatic N) is 2. The summed E-state index contributed by atoms with van der Waals surface area (Å²) >= 11 is 7.02. The van der Waals surface area contributed by atoms with Crippen molar-refractivity contribution in [2.24, 2.45) is 5.92 Å². The molecule has 2 N–H and O–H groups in total. The highest BCUT2D eigenvalue weighted by Gasteiger charge is 2.30. The van der Waals surface area contributed by atoms with E-state index in [4.69, 9.17) is 21.1 Å². The normalized spacial score (nSPS) is 13.9. The largest absolute Gasteiger partial charge is 0.494 e. The van der Waals surface area contributed by atoms with E-state index in [9.17, 15) is 38.2 Å². The van der Waals surface area contributed by atoms with Gasteiger partial charge in [-0.05, 0) is 69.0 Å². The van der Waals surface area contributed by atoms with Gasteiger partial charge in [-0.3, -0.25) is 28.3 Å². The highest BCUT2D eigenvalue weighted by Crippen LogP contribution is 2.38. The van der Waals surface area contributed by atoms with E-state index in [1.165, 1.54) is 54.5 Å². The first-order valence-corrected chi connectivity index (χ1v) is 17.4. The van der Waals surface area contributed by atoms with Crippen LogP contribution in [0.5, 0.6) is 11.5 Å². The van der Waals surface area contributed by atoms with E-state index in [-0.39, 0.29) is 29.7 Å². The van der Waals surface area contributed by atoms with Crippen molar-refractivity contribution >= 4 is 68.5 Å². The maximum absolute atomic E-state index is 14.3. The predicted molar refractivity (Wildman–Crippen MR) is 190 cm³/mol. The fraction of sp³-hybridized carbons (Fsp3) is 0.351. The van der Waals surface area contributed by atoms with Crippen molar-refractivity contribution in [2.45, 2.75) is 65.2 Å². The lowest BCUT2D eigenvalue weighted by Gasteiger charge is -2.21. The van der Waals surface area contributed by atoms with Gasteiger partial charge in [0.15, 0.2) is 23.1 Å². The summed E-state index contributed by atoms with van der Waals surface area (Å²) in [5.41, 5.74) is 2.70. The Morgan fingerprint density at radius 3 is 1.96 bits per heavy atom. The van der Waals surface area contributed by atoms with Crippen LogP contribution >= 0.6 is 22.9 Å². The molecule has 0 saturated heterocycles. The highest BCUT2D eigenvalue weighted by molar-refractivity contribution is 7.18. The van der Waals surface area contributed by atoms with Crippen LogP contribution in [0.4, 0.5) is 8.78 Å². The minimum atomic E-state index is -1.04. The van der Waals surface area contributed by atoms with Gasteiger partial charge in [0.05, 0.1) is 46.8 Å². The molecule has 2 aromatic carbocycles. The standard InChI is InChI=1S/C19H22FNO4.C18H15ClFNO4S/c1-11-13(9-18(22)23)14-8-17(25-2)15(20)10-16(14)21(11)19(24)12-6-4-3-5-7-12;1-8(18(23)24)16-9(2)21(17(22)14-4-5-15(19)26-14)12-7-11(20)13(25-3)6-10(12)16/h8,10,12H,3-7,9H2,1-2H3,(H,22,23);4-8H,1-3H3,(H,23,24). The number of carbonyl (C=O) groups excluding carboxylic acids is 2. The minimum Gasteiger partial charge on any atom is -0.494 e. The number of aromatic nitrogens is 2. The number of carboxylic acids is 2. The van der Waals surface area contributed by atoms with Gasteiger partial charge in [0.2, 0.25) is 5.91 Å². The molecule has 3 aromatic heterocycles. The molecule has 0 radical (unpaired) electrons. The third kappa shape index (κ3) is 7.22. The fourth-order valence-corrected chi connectivity index (χ4v) is 7.87. The van der Waals surface area contributed by atoms with Crippen molar-refractivity contribution in [1.29, 1.82) is 0 Å². The van der Waals surface area contributed by atoms with Crippen LogP contribution in [0, 0.1) is 31.4 Å². The molecular formula is C37H37ClF2N2O8S. The Labute approximate surface area is 301 Å². The molecule has 51 heavy (non-hydrogen) atoms. The second kappa shape index (κ2) is 15.2. The van der Waals surface area contributed by atoms with Crippen LogP contribution in [-0.4, -0.2) is 57.3 Å². The lowest BCUT2D eigenvalue weighted by Crippen LogP contribution is -2.24. The summed E-state index contributed by atoms with van der Waals surface area (Å²) in [6.45, 7) is 4.90. The third-order valence-corrected chi connectivity index (χ3v) is 10.6. The summed E-state index contributed by atoms with van der Waals surface area (Å²) in [6, 6.07) is 8.56. The molecule has 0 bridgehead atoms. The lowest BCUT2D eigenvalue weighted by atomic mass is 9.88. The van der Waals surface area contributed by atoms with E-state index in [0.717, 1.165) is 43.4 Å². The molecule has 1 aliphatic rings. The Balaban J connectivity index is 0.000000198. The molecule has 1 aliphatic carbocycles. The van der Waals surface area contributed by atoms with Crippen LogP contribution in [0.3, 0.4) is 0 Å². The SMILES string of the molecule is COc1cc2c(C(C)C(=O)O)c(C)n(C(=O)c3ccc(Cl)s3)c2cc1F.COc1cc2c(CC(=O)O)c(C)n(C(=O)C3CCCCC3)c2cc1F. The Morgan fingerprint density at radius 2 is 1.45 bits per heavy atom. The van der Waals surface area contributed by atoms with E-state index >= 15 is 0 Å². The number of hydrogen-bond acceptors (Lipinski definition) is 7. The summed E-state index contributed by atoms with van der Waals surface area (Å²) < 4.78 is 41.9. The summed E-state index contributed by atoms with van der Waals surface area (Å²) in [5.74, 6) is -4.63. The van der Waals surface area contributed by atoms with Crippen LogP contribution in [-0.2, 0) is 16.0 Å². The molecule has 270 valence electrons. The highest BCUT2D eigenvalue weighted by atomic mass is 35.5. The molecule has 5 aromatic rings. The Kier molecular flexibility index (Phi) is 11.2. The molecular weight excluding hydrogens is 706 g/mol. The Morgan fingerprint density at radius 1 is 0.882 bits per heavy atom. The topological polar surface area (TPSA) is 137 Å². The van der Waals surface area contributed by atoms with Crippen molar-refractivity contribution in [1.82, 2.24) is 9.13 Å². The van der Waals surface area contributed by atoms with Crippen molar-refractivity contribution in [3.63, 3.8) is 0 Å². The van der Waals surface area contributed by atoms with Crippen molar-refractivity contribution in [3.05, 3.63) is 79.8 Å². The first kappa shape index (κ1) is 37.5. The average molecular weight is 743 g/mol. The Bertz CT molecular complexity index is 2180. The monoisotopic (exact) mass is 742 g/mol. The number of carboxylic acid groups (broad SMARTS) is 2. The number of carbonyl (C=O) groups is 4. The summed E-state index contributed by atoms with van der Waals surface area (Å²) in [6.07, 6.45) is 4.58. The van der Waals surface area contributed by atoms with Crippen molar-refractivity contribution < 1.29 is 47.6 Å². The van der Waals surface area contributed by atoms with Gasteiger partial charge >= 0.3 is 11.9 Å². The van der Waals surface area contributed by atoms with Gasteiger partial charge < -0.3 is 19.7 Å². The summed E-state index contributed by atoms with van der Waals surface area (Å²) in [7, 11) is 2.69. The van der Waals surface area contributed by atoms with E-state index < -0.39 is 35.4 Å². The zero-order valence-corrected chi connectivity index (χ0v) is 30.2. The number of hydrogen-bond donors (Lipinski definition) is 2. The van der Waals surface area contributed by atoms with E-state index in [0.29, 0.717) is 53.5 Å². The van der Waals surface area contributed by atoms with E-state index in [1.807, 2.05) is 0 Å². The minimum absolute atomic E-state index is 0.0138. The van der Waals surface area contributed by atoms with Gasteiger partial charge in [0.1, 0.15) is 0 Å². The number of aliphatic carboxylic acids is 2. The number of halogens is 3. The number of rotatable bonds is 8. The first-order valence-electron chi connectivity index (χ1n) is 16.2. The molecule has 6 rings (SSSR count). The van der Waals surface area contributed by atoms with Crippen LogP contribution in [0.2, 0.25) is 4.34 Å². The molecule has 0 spiro atoms. The number of thiophene rings is 1. The van der Waals surface area contributed by atoms with Crippen LogP contribution < -0.4 is 9.47 Å². The summed E-state index contributed by atoms with van der Waals surface area (Å²) in [4.78, 5) is 49.2. The number of methoxy groups -OCH3 is 2. The maximum atomic E-state index is 14.3. The maximum Gasteiger partial charge on any atom is 0.310 e. The molecule has 0 aliphatic heterocycles. The second-order valence-electron chi connectivity index (χ2n) is 12.5. The smallest absolute Gasteiger partial charge is 0.310 e. The quantitative estimate of drug-likeness (QED) is 0.161. The van der Waals surface area contributed by atoms with Gasteiger partial charge in [-0.1, -0.05) is 30.9 Å². The van der Waals surface area contributed by atoms with Gasteiger partial charge in [0.25, 0.3) is 5.91 Å².